The fourth-order valence-corrected chi connectivity index (χ4v) is 3.74. The molecule has 1 aromatic carbocycles. The summed E-state index contributed by atoms with van der Waals surface area (Å²) < 4.78 is 4.25. The Morgan fingerprint density at radius 2 is 2.00 bits per heavy atom. The predicted molar refractivity (Wildman–Crippen MR) is 130 cm³/mol. The molecule has 2 aliphatic heterocycles. The van der Waals surface area contributed by atoms with Crippen LogP contribution in [0, 0.1) is 5.92 Å². The van der Waals surface area contributed by atoms with Gasteiger partial charge >= 0.3 is 0 Å². The second kappa shape index (κ2) is 12.2. The second-order valence-corrected chi connectivity index (χ2v) is 7.89. The third kappa shape index (κ3) is 6.35. The van der Waals surface area contributed by atoms with Crippen LogP contribution >= 0.6 is 0 Å². The van der Waals surface area contributed by atoms with E-state index >= 15 is 0 Å². The first-order chi connectivity index (χ1) is 15.0. The molecule has 4 N–H and O–H groups in total. The van der Waals surface area contributed by atoms with Crippen LogP contribution in [-0.4, -0.2) is 56.7 Å². The smallest absolute Gasteiger partial charge is 0.149 e. The highest BCUT2D eigenvalue weighted by molar-refractivity contribution is 5.99. The van der Waals surface area contributed by atoms with Gasteiger partial charge in [-0.1, -0.05) is 31.2 Å². The number of methoxy groups -OCH3 is 1. The number of benzene rings is 1. The molecule has 0 aliphatic carbocycles. The number of amidine groups is 1. The topological polar surface area (TPSA) is 78.2 Å². The number of rotatable bonds is 8. The quantitative estimate of drug-likeness (QED) is 0.590. The minimum atomic E-state index is 0.160. The molecule has 0 saturated heterocycles. The largest absolute Gasteiger partial charge is 0.388 e. The van der Waals surface area contributed by atoms with E-state index in [0.29, 0.717) is 11.8 Å². The average Bonchev–Trinajstić information content (AvgIpc) is 3.14. The molecule has 2 unspecified atom stereocenters. The van der Waals surface area contributed by atoms with Crippen LogP contribution in [0.15, 0.2) is 70.9 Å². The van der Waals surface area contributed by atoms with Crippen LogP contribution in [0.1, 0.15) is 26.7 Å². The van der Waals surface area contributed by atoms with E-state index < -0.39 is 0 Å². The van der Waals surface area contributed by atoms with Crippen molar-refractivity contribution in [3.8, 4) is 0 Å². The predicted octanol–water partition coefficient (Wildman–Crippen LogP) is 3.53. The van der Waals surface area contributed by atoms with Gasteiger partial charge in [-0.25, -0.2) is 4.99 Å². The fraction of sp³-hybridized carbons (Fsp3) is 0.458. The van der Waals surface area contributed by atoms with E-state index in [-0.39, 0.29) is 6.17 Å². The first-order valence-electron chi connectivity index (χ1n) is 10.8. The number of aliphatic imine (C=N–C) groups is 1. The minimum Gasteiger partial charge on any atom is -0.388 e. The fourth-order valence-electron chi connectivity index (χ4n) is 3.74. The third-order valence-electron chi connectivity index (χ3n) is 5.30. The maximum atomic E-state index is 6.32. The molecule has 2 atom stereocenters. The Hall–Kier alpha value is -2.77. The second-order valence-electron chi connectivity index (χ2n) is 7.89. The van der Waals surface area contributed by atoms with E-state index in [1.54, 1.807) is 20.4 Å². The minimum absolute atomic E-state index is 0.160. The van der Waals surface area contributed by atoms with Crippen LogP contribution in [0.2, 0.25) is 0 Å². The highest BCUT2D eigenvalue weighted by Gasteiger charge is 2.38. The van der Waals surface area contributed by atoms with Crippen LogP contribution in [0.5, 0.6) is 0 Å². The molecule has 0 aromatic heterocycles. The van der Waals surface area contributed by atoms with Crippen molar-refractivity contribution in [2.24, 2.45) is 16.6 Å². The summed E-state index contributed by atoms with van der Waals surface area (Å²) in [6.07, 6.45) is 8.26. The molecule has 7 nitrogen and oxygen atoms in total. The number of nitrogens with one attached hydrogen (secondary N) is 2. The Labute approximate surface area is 187 Å². The molecule has 0 spiro atoms. The number of fused-ring (bicyclic) bond motifs is 1. The van der Waals surface area contributed by atoms with E-state index in [2.05, 4.69) is 69.4 Å². The first kappa shape index (κ1) is 24.5. The molecule has 0 fully saturated rings. The number of nitrogens with two attached hydrogens (primary N) is 1. The molecule has 3 rings (SSSR count). The van der Waals surface area contributed by atoms with Gasteiger partial charge in [-0.2, -0.15) is 0 Å². The van der Waals surface area contributed by atoms with Crippen molar-refractivity contribution in [3.05, 3.63) is 65.9 Å². The van der Waals surface area contributed by atoms with Crippen LogP contribution < -0.4 is 16.4 Å². The van der Waals surface area contributed by atoms with E-state index in [1.165, 1.54) is 0 Å². The van der Waals surface area contributed by atoms with E-state index in [4.69, 9.17) is 5.73 Å². The van der Waals surface area contributed by atoms with Gasteiger partial charge in [0.1, 0.15) is 17.7 Å². The molecule has 2 heterocycles. The summed E-state index contributed by atoms with van der Waals surface area (Å²) >= 11 is 0. The lowest BCUT2D eigenvalue weighted by atomic mass is 9.97. The molecule has 0 bridgehead atoms. The van der Waals surface area contributed by atoms with Gasteiger partial charge in [0.2, 0.25) is 0 Å². The summed E-state index contributed by atoms with van der Waals surface area (Å²) in [4.78, 5) is 8.84. The molecule has 2 aliphatic rings. The summed E-state index contributed by atoms with van der Waals surface area (Å²) in [5, 5.41) is 7.28. The summed E-state index contributed by atoms with van der Waals surface area (Å²) in [5.41, 5.74) is 10.3. The maximum Gasteiger partial charge on any atom is 0.149 e. The molecule has 0 amide bonds. The van der Waals surface area contributed by atoms with Crippen LogP contribution in [0.3, 0.4) is 0 Å². The maximum absolute atomic E-state index is 6.32. The standard InChI is InChI=1S/C22H32N6.C2H6O/c1-5-16(12-14-27(3)4)22-26-19(20-21(23)24-13-15-28(20)22)18(6-2)25-17-10-8-7-9-11-17;1-3-2/h6-11,13,15-16,22,25-26H,5,12,14H2,1-4H3,(H2,23,24);1-2H3/b18-6-;. The van der Waals surface area contributed by atoms with Crippen LogP contribution in [0.25, 0.3) is 0 Å². The Kier molecular flexibility index (Phi) is 9.62. The lowest BCUT2D eigenvalue weighted by Crippen LogP contribution is -2.43. The Morgan fingerprint density at radius 3 is 2.58 bits per heavy atom. The highest BCUT2D eigenvalue weighted by atomic mass is 16.4. The number of allylic oxidation sites excluding steroid dienone is 1. The van der Waals surface area contributed by atoms with Gasteiger partial charge in [-0.15, -0.1) is 0 Å². The van der Waals surface area contributed by atoms with Crippen molar-refractivity contribution < 1.29 is 4.74 Å². The molecule has 1 aromatic rings. The van der Waals surface area contributed by atoms with Gasteiger partial charge in [0.05, 0.1) is 11.4 Å². The summed E-state index contributed by atoms with van der Waals surface area (Å²) in [6, 6.07) is 10.2. The SMILES string of the molecule is C/C=C(\Nc1ccccc1)C1=C2C(N)=NC=CN2C(C(CC)CCN(C)C)N1.COC. The molecular weight excluding hydrogens is 388 g/mol. The van der Waals surface area contributed by atoms with Crippen molar-refractivity contribution in [1.29, 1.82) is 0 Å². The zero-order chi connectivity index (χ0) is 22.8. The van der Waals surface area contributed by atoms with Crippen LogP contribution in [-0.2, 0) is 4.74 Å². The average molecular weight is 427 g/mol. The van der Waals surface area contributed by atoms with E-state index in [9.17, 15) is 0 Å². The molecule has 0 radical (unpaired) electrons. The van der Waals surface area contributed by atoms with Crippen LogP contribution in [0.4, 0.5) is 5.69 Å². The molecule has 7 heteroatoms. The first-order valence-corrected chi connectivity index (χ1v) is 10.8. The molecule has 0 saturated carbocycles. The zero-order valence-electron chi connectivity index (χ0n) is 19.7. The third-order valence-corrected chi connectivity index (χ3v) is 5.30. The van der Waals surface area contributed by atoms with E-state index in [0.717, 1.165) is 42.2 Å². The van der Waals surface area contributed by atoms with Crippen molar-refractivity contribution in [2.75, 3.05) is 40.2 Å². The number of hydrogen-bond acceptors (Lipinski definition) is 7. The lowest BCUT2D eigenvalue weighted by Gasteiger charge is -2.33. The zero-order valence-corrected chi connectivity index (χ0v) is 19.7. The van der Waals surface area contributed by atoms with Gasteiger partial charge in [0.25, 0.3) is 0 Å². The normalized spacial score (nSPS) is 18.8. The van der Waals surface area contributed by atoms with Crippen molar-refractivity contribution in [2.45, 2.75) is 32.9 Å². The molecular formula is C24H38N6O. The van der Waals surface area contributed by atoms with Crippen molar-refractivity contribution in [1.82, 2.24) is 15.1 Å². The molecule has 170 valence electrons. The highest BCUT2D eigenvalue weighted by Crippen LogP contribution is 2.33. The summed E-state index contributed by atoms with van der Waals surface area (Å²) in [5.74, 6) is 1.03. The van der Waals surface area contributed by atoms with Gasteiger partial charge in [-0.05, 0) is 58.5 Å². The van der Waals surface area contributed by atoms with Gasteiger partial charge in [0.15, 0.2) is 0 Å². The van der Waals surface area contributed by atoms with Crippen molar-refractivity contribution in [3.63, 3.8) is 0 Å². The number of anilines is 1. The lowest BCUT2D eigenvalue weighted by molar-refractivity contribution is 0.210. The van der Waals surface area contributed by atoms with Gasteiger partial charge < -0.3 is 30.9 Å². The molecule has 31 heavy (non-hydrogen) atoms. The summed E-state index contributed by atoms with van der Waals surface area (Å²) in [7, 11) is 7.49. The Balaban J connectivity index is 0.00000107. The number of hydrogen-bond donors (Lipinski definition) is 3. The Morgan fingerprint density at radius 1 is 1.32 bits per heavy atom. The van der Waals surface area contributed by atoms with E-state index in [1.807, 2.05) is 31.3 Å². The van der Waals surface area contributed by atoms with Crippen molar-refractivity contribution >= 4 is 11.5 Å². The number of ether oxygens (including phenoxy) is 1. The Bertz CT molecular complexity index is 813. The van der Waals surface area contributed by atoms with Gasteiger partial charge in [-0.3, -0.25) is 0 Å². The monoisotopic (exact) mass is 426 g/mol. The summed E-state index contributed by atoms with van der Waals surface area (Å²) in [6.45, 7) is 5.35. The number of nitrogens with zero attached hydrogens (tertiary/aromatic N) is 3. The van der Waals surface area contributed by atoms with Gasteiger partial charge in [0, 0.05) is 32.3 Å². The number of para-hydroxylation sites is 1.